The van der Waals surface area contributed by atoms with Gasteiger partial charge < -0.3 is 10.6 Å². The molecule has 2 rings (SSSR count). The van der Waals surface area contributed by atoms with Crippen LogP contribution < -0.4 is 10.6 Å². The first-order valence-electron chi connectivity index (χ1n) is 7.24. The lowest BCUT2D eigenvalue weighted by Crippen LogP contribution is -2.52. The highest BCUT2D eigenvalue weighted by Gasteiger charge is 2.21. The van der Waals surface area contributed by atoms with Crippen molar-refractivity contribution in [2.24, 2.45) is 5.73 Å². The van der Waals surface area contributed by atoms with Crippen molar-refractivity contribution >= 4 is 10.0 Å². The van der Waals surface area contributed by atoms with E-state index in [0.29, 0.717) is 13.1 Å². The van der Waals surface area contributed by atoms with Crippen LogP contribution in [0.25, 0.3) is 0 Å². The van der Waals surface area contributed by atoms with Gasteiger partial charge in [-0.3, -0.25) is 0 Å². The SMILES string of the molecule is CCC(N)c1cccc(S(=O)(=O)NN2CCN(C)CC2)c1. The first-order chi connectivity index (χ1) is 9.92. The number of hydrogen-bond acceptors (Lipinski definition) is 5. The van der Waals surface area contributed by atoms with Crippen molar-refractivity contribution in [2.45, 2.75) is 24.3 Å². The number of nitrogens with zero attached hydrogens (tertiary/aromatic N) is 2. The summed E-state index contributed by atoms with van der Waals surface area (Å²) >= 11 is 0. The maximum atomic E-state index is 12.4. The van der Waals surface area contributed by atoms with E-state index < -0.39 is 10.0 Å². The molecule has 7 heteroatoms. The smallest absolute Gasteiger partial charge is 0.253 e. The van der Waals surface area contributed by atoms with Crippen LogP contribution in [-0.4, -0.2) is 51.6 Å². The highest BCUT2D eigenvalue weighted by atomic mass is 32.2. The number of hydrogen-bond donors (Lipinski definition) is 2. The van der Waals surface area contributed by atoms with Gasteiger partial charge >= 0.3 is 0 Å². The summed E-state index contributed by atoms with van der Waals surface area (Å²) in [4.78, 5) is 5.09. The predicted molar refractivity (Wildman–Crippen MR) is 83.1 cm³/mol. The molecule has 0 bridgehead atoms. The van der Waals surface area contributed by atoms with Crippen LogP contribution in [0.1, 0.15) is 24.9 Å². The maximum absolute atomic E-state index is 12.4. The number of likely N-dealkylation sites (N-methyl/N-ethyl adjacent to an activating group) is 1. The molecule has 1 heterocycles. The second-order valence-corrected chi connectivity index (χ2v) is 7.13. The summed E-state index contributed by atoms with van der Waals surface area (Å²) in [6.07, 6.45) is 0.773. The minimum Gasteiger partial charge on any atom is -0.324 e. The second-order valence-electron chi connectivity index (χ2n) is 5.47. The summed E-state index contributed by atoms with van der Waals surface area (Å²) in [6, 6.07) is 6.73. The van der Waals surface area contributed by atoms with Crippen LogP contribution in [0.3, 0.4) is 0 Å². The number of hydrazine groups is 1. The highest BCUT2D eigenvalue weighted by Crippen LogP contribution is 2.18. The molecule has 1 saturated heterocycles. The summed E-state index contributed by atoms with van der Waals surface area (Å²) in [5.74, 6) is 0. The maximum Gasteiger partial charge on any atom is 0.253 e. The highest BCUT2D eigenvalue weighted by molar-refractivity contribution is 7.89. The molecule has 6 nitrogen and oxygen atoms in total. The number of nitrogens with one attached hydrogen (secondary N) is 1. The molecule has 1 atom stereocenters. The zero-order valence-electron chi connectivity index (χ0n) is 12.6. The Kier molecular flexibility index (Phi) is 5.34. The summed E-state index contributed by atoms with van der Waals surface area (Å²) < 4.78 is 24.9. The molecule has 118 valence electrons. The molecule has 0 saturated carbocycles. The Morgan fingerprint density at radius 2 is 1.95 bits per heavy atom. The quantitative estimate of drug-likeness (QED) is 0.829. The zero-order chi connectivity index (χ0) is 15.5. The third kappa shape index (κ3) is 4.24. The van der Waals surface area contributed by atoms with Gasteiger partial charge in [0.2, 0.25) is 0 Å². The monoisotopic (exact) mass is 312 g/mol. The van der Waals surface area contributed by atoms with Crippen LogP contribution in [0.2, 0.25) is 0 Å². The van der Waals surface area contributed by atoms with Crippen LogP contribution in [0.5, 0.6) is 0 Å². The van der Waals surface area contributed by atoms with Gasteiger partial charge in [-0.25, -0.2) is 13.4 Å². The van der Waals surface area contributed by atoms with Crippen molar-refractivity contribution in [2.75, 3.05) is 33.2 Å². The largest absolute Gasteiger partial charge is 0.324 e. The van der Waals surface area contributed by atoms with Crippen LogP contribution >= 0.6 is 0 Å². The fraction of sp³-hybridized carbons (Fsp3) is 0.571. The van der Waals surface area contributed by atoms with Crippen molar-refractivity contribution in [1.29, 1.82) is 0 Å². The summed E-state index contributed by atoms with van der Waals surface area (Å²) in [5.41, 5.74) is 6.82. The number of benzene rings is 1. The third-order valence-corrected chi connectivity index (χ3v) is 5.16. The number of rotatable bonds is 5. The lowest BCUT2D eigenvalue weighted by molar-refractivity contribution is 0.135. The summed E-state index contributed by atoms with van der Waals surface area (Å²) in [6.45, 7) is 5.05. The van der Waals surface area contributed by atoms with Gasteiger partial charge in [-0.05, 0) is 31.2 Å². The van der Waals surface area contributed by atoms with Crippen molar-refractivity contribution in [1.82, 2.24) is 14.7 Å². The lowest BCUT2D eigenvalue weighted by Gasteiger charge is -2.32. The molecule has 1 aromatic rings. The van der Waals surface area contributed by atoms with Gasteiger partial charge in [-0.15, -0.1) is 4.83 Å². The normalized spacial score (nSPS) is 19.6. The van der Waals surface area contributed by atoms with E-state index in [2.05, 4.69) is 9.73 Å². The Morgan fingerprint density at radius 3 is 2.57 bits per heavy atom. The average Bonchev–Trinajstić information content (AvgIpc) is 2.49. The topological polar surface area (TPSA) is 78.7 Å². The van der Waals surface area contributed by atoms with E-state index in [-0.39, 0.29) is 10.9 Å². The number of nitrogens with two attached hydrogens (primary N) is 1. The van der Waals surface area contributed by atoms with E-state index in [4.69, 9.17) is 5.73 Å². The summed E-state index contributed by atoms with van der Waals surface area (Å²) in [7, 11) is -1.51. The Balaban J connectivity index is 2.12. The molecule has 1 aliphatic heterocycles. The Morgan fingerprint density at radius 1 is 1.29 bits per heavy atom. The third-order valence-electron chi connectivity index (χ3n) is 3.79. The molecule has 3 N–H and O–H groups in total. The predicted octanol–water partition coefficient (Wildman–Crippen LogP) is 0.537. The lowest BCUT2D eigenvalue weighted by atomic mass is 10.1. The van der Waals surface area contributed by atoms with E-state index in [1.165, 1.54) is 0 Å². The molecule has 0 spiro atoms. The molecule has 21 heavy (non-hydrogen) atoms. The minimum absolute atomic E-state index is 0.135. The average molecular weight is 312 g/mol. The molecule has 1 fully saturated rings. The molecular weight excluding hydrogens is 288 g/mol. The molecule has 0 aliphatic carbocycles. The fourth-order valence-electron chi connectivity index (χ4n) is 2.27. The second kappa shape index (κ2) is 6.85. The standard InChI is InChI=1S/C14H24N4O2S/c1-3-14(15)12-5-4-6-13(11-12)21(19,20)16-18-9-7-17(2)8-10-18/h4-6,11,14,16H,3,7-10,15H2,1-2H3. The first-order valence-corrected chi connectivity index (χ1v) is 8.72. The zero-order valence-corrected chi connectivity index (χ0v) is 13.4. The number of piperazine rings is 1. The van der Waals surface area contributed by atoms with Gasteiger partial charge in [-0.1, -0.05) is 19.1 Å². The Hall–Kier alpha value is -0.990. The number of sulfonamides is 1. The van der Waals surface area contributed by atoms with E-state index in [1.54, 1.807) is 23.2 Å². The molecule has 1 aromatic carbocycles. The fourth-order valence-corrected chi connectivity index (χ4v) is 3.45. The van der Waals surface area contributed by atoms with Crippen molar-refractivity contribution < 1.29 is 8.42 Å². The Labute approximate surface area is 126 Å². The molecule has 0 aromatic heterocycles. The minimum atomic E-state index is -3.54. The van der Waals surface area contributed by atoms with Gasteiger partial charge in [0.05, 0.1) is 4.90 Å². The molecule has 1 aliphatic rings. The molecule has 0 amide bonds. The van der Waals surface area contributed by atoms with E-state index in [9.17, 15) is 8.42 Å². The molecular formula is C14H24N4O2S. The van der Waals surface area contributed by atoms with Crippen molar-refractivity contribution in [3.05, 3.63) is 29.8 Å². The van der Waals surface area contributed by atoms with Crippen LogP contribution in [-0.2, 0) is 10.0 Å². The van der Waals surface area contributed by atoms with Gasteiger partial charge in [0.25, 0.3) is 10.0 Å². The molecule has 1 unspecified atom stereocenters. The van der Waals surface area contributed by atoms with E-state index in [1.807, 2.05) is 20.0 Å². The van der Waals surface area contributed by atoms with Gasteiger partial charge in [-0.2, -0.15) is 0 Å². The van der Waals surface area contributed by atoms with Crippen molar-refractivity contribution in [3.63, 3.8) is 0 Å². The summed E-state index contributed by atoms with van der Waals surface area (Å²) in [5, 5.41) is 1.75. The first kappa shape index (κ1) is 16.4. The van der Waals surface area contributed by atoms with Gasteiger partial charge in [0, 0.05) is 32.2 Å². The van der Waals surface area contributed by atoms with E-state index in [0.717, 1.165) is 25.1 Å². The van der Waals surface area contributed by atoms with E-state index >= 15 is 0 Å². The van der Waals surface area contributed by atoms with Crippen LogP contribution in [0.15, 0.2) is 29.2 Å². The van der Waals surface area contributed by atoms with Crippen LogP contribution in [0.4, 0.5) is 0 Å². The van der Waals surface area contributed by atoms with Crippen LogP contribution in [0, 0.1) is 0 Å². The van der Waals surface area contributed by atoms with Gasteiger partial charge in [0.1, 0.15) is 0 Å². The molecule has 0 radical (unpaired) electrons. The van der Waals surface area contributed by atoms with Crippen molar-refractivity contribution in [3.8, 4) is 0 Å². The van der Waals surface area contributed by atoms with Gasteiger partial charge in [0.15, 0.2) is 0 Å². The Bertz CT molecular complexity index is 568.